The number of rotatable bonds is 4. The van der Waals surface area contributed by atoms with Gasteiger partial charge in [-0.3, -0.25) is 4.79 Å². The van der Waals surface area contributed by atoms with E-state index in [1.54, 1.807) is 0 Å². The molecule has 0 amide bonds. The van der Waals surface area contributed by atoms with Crippen LogP contribution in [0.4, 0.5) is 0 Å². The van der Waals surface area contributed by atoms with Gasteiger partial charge in [-0.1, -0.05) is 13.3 Å². The van der Waals surface area contributed by atoms with Crippen molar-refractivity contribution in [2.75, 3.05) is 0 Å². The molecule has 0 aromatic rings. The maximum Gasteiger partial charge on any atom is 0.310 e. The molecule has 0 aromatic carbocycles. The lowest BCUT2D eigenvalue weighted by Crippen LogP contribution is -2.11. The molecule has 10 heavy (non-hydrogen) atoms. The fourth-order valence-corrected chi connectivity index (χ4v) is 0.500. The predicted molar refractivity (Wildman–Crippen MR) is 40.1 cm³/mol. The molecule has 0 N–H and O–H groups in total. The molecule has 0 spiro atoms. The van der Waals surface area contributed by atoms with Crippen LogP contribution in [0, 0.1) is 13.3 Å². The molecule has 0 aliphatic heterocycles. The van der Waals surface area contributed by atoms with Crippen LogP contribution in [0.5, 0.6) is 0 Å². The molecule has 2 heteroatoms. The molecule has 0 unspecified atom stereocenters. The maximum absolute atomic E-state index is 10.7. The van der Waals surface area contributed by atoms with Gasteiger partial charge in [0.1, 0.15) is 0 Å². The van der Waals surface area contributed by atoms with E-state index in [1.807, 2.05) is 13.8 Å². The average Bonchev–Trinajstić information content (AvgIpc) is 1.82. The van der Waals surface area contributed by atoms with Crippen molar-refractivity contribution in [1.29, 1.82) is 0 Å². The van der Waals surface area contributed by atoms with Crippen LogP contribution in [0.1, 0.15) is 26.7 Å². The largest absolute Gasteiger partial charge is 0.463 e. The minimum atomic E-state index is -0.237. The topological polar surface area (TPSA) is 26.3 Å². The maximum atomic E-state index is 10.7. The van der Waals surface area contributed by atoms with E-state index in [1.165, 1.54) is 6.42 Å². The van der Waals surface area contributed by atoms with E-state index in [-0.39, 0.29) is 12.1 Å². The summed E-state index contributed by atoms with van der Waals surface area (Å²) in [5.41, 5.74) is 0. The highest BCUT2D eigenvalue weighted by Crippen LogP contribution is 1.97. The molecule has 0 aliphatic carbocycles. The third kappa shape index (κ3) is 5.60. The smallest absolute Gasteiger partial charge is 0.310 e. The molecule has 0 rings (SSSR count). The van der Waals surface area contributed by atoms with Crippen LogP contribution < -0.4 is 0 Å². The van der Waals surface area contributed by atoms with Gasteiger partial charge in [-0.15, -0.1) is 0 Å². The Morgan fingerprint density at radius 3 is 2.70 bits per heavy atom. The van der Waals surface area contributed by atoms with Crippen molar-refractivity contribution in [2.24, 2.45) is 0 Å². The molecule has 58 valence electrons. The summed E-state index contributed by atoms with van der Waals surface area (Å²) >= 11 is 0. The van der Waals surface area contributed by atoms with Crippen molar-refractivity contribution in [1.82, 2.24) is 0 Å². The van der Waals surface area contributed by atoms with E-state index in [0.717, 1.165) is 6.42 Å². The Labute approximate surface area is 62.6 Å². The summed E-state index contributed by atoms with van der Waals surface area (Å²) in [5, 5.41) is 0. The summed E-state index contributed by atoms with van der Waals surface area (Å²) < 4.78 is 4.83. The Kier molecular flexibility index (Phi) is 4.99. The van der Waals surface area contributed by atoms with Gasteiger partial charge in [0.05, 0.1) is 12.5 Å². The minimum Gasteiger partial charge on any atom is -0.463 e. The first-order valence-electron chi connectivity index (χ1n) is 3.50. The Morgan fingerprint density at radius 2 is 2.30 bits per heavy atom. The minimum absolute atomic E-state index is 0.0198. The van der Waals surface area contributed by atoms with Crippen LogP contribution in [-0.2, 0) is 9.53 Å². The van der Waals surface area contributed by atoms with E-state index < -0.39 is 0 Å². The van der Waals surface area contributed by atoms with Crippen LogP contribution in [0.25, 0.3) is 0 Å². The zero-order valence-electron chi connectivity index (χ0n) is 6.59. The summed E-state index contributed by atoms with van der Waals surface area (Å²) in [4.78, 5) is 10.7. The van der Waals surface area contributed by atoms with Gasteiger partial charge >= 0.3 is 5.97 Å². The van der Waals surface area contributed by atoms with Crippen LogP contribution in [-0.4, -0.2) is 12.1 Å². The molecule has 0 aromatic heterocycles. The number of hydrogen-bond acceptors (Lipinski definition) is 2. The predicted octanol–water partition coefficient (Wildman–Crippen LogP) is 1.76. The second-order valence-corrected chi connectivity index (χ2v) is 2.33. The Morgan fingerprint density at radius 1 is 1.70 bits per heavy atom. The Balaban J connectivity index is 3.26. The lowest BCUT2D eigenvalue weighted by Gasteiger charge is -2.05. The summed E-state index contributed by atoms with van der Waals surface area (Å²) in [6.45, 7) is 7.26. The van der Waals surface area contributed by atoms with Crippen LogP contribution in [0.3, 0.4) is 0 Å². The highest BCUT2D eigenvalue weighted by molar-refractivity contribution is 5.78. The molecular formula is C8H14O2. The van der Waals surface area contributed by atoms with Crippen molar-refractivity contribution in [3.8, 4) is 0 Å². The molecule has 0 atom stereocenters. The number of unbranched alkanes of at least 4 members (excludes halogenated alkanes) is 1. The van der Waals surface area contributed by atoms with Crippen molar-refractivity contribution >= 4 is 5.97 Å². The van der Waals surface area contributed by atoms with E-state index in [9.17, 15) is 4.79 Å². The van der Waals surface area contributed by atoms with Gasteiger partial charge < -0.3 is 4.74 Å². The second kappa shape index (κ2) is 5.27. The standard InChI is InChI=1S/C8H14O2/c1-4-5-6-8(9)10-7(2)3/h6-7H,1,4-5H2,2-3H3. The van der Waals surface area contributed by atoms with Crippen LogP contribution in [0.2, 0.25) is 0 Å². The van der Waals surface area contributed by atoms with Gasteiger partial charge in [0.25, 0.3) is 0 Å². The van der Waals surface area contributed by atoms with Crippen molar-refractivity contribution in [3.05, 3.63) is 13.3 Å². The van der Waals surface area contributed by atoms with E-state index in [4.69, 9.17) is 4.74 Å². The molecule has 0 aliphatic rings. The monoisotopic (exact) mass is 142 g/mol. The number of carbonyl (C=O) groups is 1. The first-order chi connectivity index (χ1) is 4.66. The quantitative estimate of drug-likeness (QED) is 0.559. The van der Waals surface area contributed by atoms with Crippen LogP contribution >= 0.6 is 0 Å². The molecule has 0 saturated carbocycles. The highest BCUT2D eigenvalue weighted by atomic mass is 16.5. The number of ether oxygens (including phenoxy) is 1. The second-order valence-electron chi connectivity index (χ2n) is 2.33. The molecule has 2 nitrogen and oxygen atoms in total. The van der Waals surface area contributed by atoms with E-state index in [0.29, 0.717) is 6.42 Å². The molecule has 0 saturated heterocycles. The Bertz CT molecular complexity index is 97.4. The van der Waals surface area contributed by atoms with Crippen molar-refractivity contribution in [2.45, 2.75) is 32.8 Å². The lowest BCUT2D eigenvalue weighted by molar-refractivity contribution is -0.143. The zero-order valence-corrected chi connectivity index (χ0v) is 6.59. The first kappa shape index (κ1) is 9.47. The van der Waals surface area contributed by atoms with Gasteiger partial charge in [-0.25, -0.2) is 0 Å². The van der Waals surface area contributed by atoms with Gasteiger partial charge in [0, 0.05) is 0 Å². The van der Waals surface area contributed by atoms with Gasteiger partial charge in [0.15, 0.2) is 0 Å². The molecule has 0 heterocycles. The van der Waals surface area contributed by atoms with Gasteiger partial charge in [-0.05, 0) is 20.3 Å². The molecule has 0 bridgehead atoms. The summed E-state index contributed by atoms with van der Waals surface area (Å²) in [7, 11) is 0. The van der Waals surface area contributed by atoms with Crippen molar-refractivity contribution < 1.29 is 9.53 Å². The van der Waals surface area contributed by atoms with Crippen molar-refractivity contribution in [3.63, 3.8) is 0 Å². The normalized spacial score (nSPS) is 10.0. The zero-order chi connectivity index (χ0) is 7.98. The fourth-order valence-electron chi connectivity index (χ4n) is 0.500. The number of carbonyl (C=O) groups excluding carboxylic acids is 1. The van der Waals surface area contributed by atoms with Gasteiger partial charge in [-0.2, -0.15) is 0 Å². The summed E-state index contributed by atoms with van der Waals surface area (Å²) in [6.07, 6.45) is 2.94. The average molecular weight is 142 g/mol. The molecular weight excluding hydrogens is 128 g/mol. The number of esters is 1. The summed E-state index contributed by atoms with van der Waals surface area (Å²) in [5.74, 6) is -0.237. The first-order valence-corrected chi connectivity index (χ1v) is 3.50. The number of hydrogen-bond donors (Lipinski definition) is 0. The van der Waals surface area contributed by atoms with Gasteiger partial charge in [0.2, 0.25) is 0 Å². The highest BCUT2D eigenvalue weighted by Gasteiger charge is 2.03. The van der Waals surface area contributed by atoms with E-state index >= 15 is 0 Å². The molecule has 0 fully saturated rings. The van der Waals surface area contributed by atoms with Crippen LogP contribution in [0.15, 0.2) is 0 Å². The summed E-state index contributed by atoms with van der Waals surface area (Å²) in [6, 6.07) is 0. The fraction of sp³-hybridized carbons (Fsp3) is 0.625. The lowest BCUT2D eigenvalue weighted by atomic mass is 10.2. The Hall–Kier alpha value is -0.530. The molecule has 2 radical (unpaired) electrons. The third-order valence-corrected chi connectivity index (χ3v) is 0.867. The SMILES string of the molecule is [CH2]CC[CH]C(=O)OC(C)C. The third-order valence-electron chi connectivity index (χ3n) is 0.867. The van der Waals surface area contributed by atoms with E-state index in [2.05, 4.69) is 6.92 Å².